The first-order valence-corrected chi connectivity index (χ1v) is 10.7. The fourth-order valence-corrected chi connectivity index (χ4v) is 4.85. The van der Waals surface area contributed by atoms with Crippen LogP contribution in [0.15, 0.2) is 24.3 Å². The number of benzene rings is 1. The molecule has 1 saturated heterocycles. The van der Waals surface area contributed by atoms with E-state index in [9.17, 15) is 10.2 Å². The molecule has 2 aromatic heterocycles. The summed E-state index contributed by atoms with van der Waals surface area (Å²) in [5, 5.41) is 29.5. The van der Waals surface area contributed by atoms with Crippen molar-refractivity contribution in [2.75, 3.05) is 13.1 Å². The Balaban J connectivity index is 1.43. The summed E-state index contributed by atoms with van der Waals surface area (Å²) in [6.07, 6.45) is 3.83. The number of aliphatic hydroxyl groups is 2. The van der Waals surface area contributed by atoms with Gasteiger partial charge in [-0.25, -0.2) is 0 Å². The molecule has 0 radical (unpaired) electrons. The molecule has 2 aliphatic rings. The van der Waals surface area contributed by atoms with Crippen LogP contribution in [0.25, 0.3) is 22.3 Å². The molecule has 1 atom stereocenters. The van der Waals surface area contributed by atoms with E-state index in [1.165, 1.54) is 17.7 Å². The molecule has 6 heteroatoms. The molecular weight excluding hydrogens is 364 g/mol. The van der Waals surface area contributed by atoms with Crippen molar-refractivity contribution in [1.29, 1.82) is 0 Å². The molecule has 3 aromatic rings. The first kappa shape index (κ1) is 18.9. The van der Waals surface area contributed by atoms with Gasteiger partial charge < -0.3 is 15.2 Å². The van der Waals surface area contributed by atoms with E-state index < -0.39 is 6.23 Å². The summed E-state index contributed by atoms with van der Waals surface area (Å²) < 4.78 is 0. The second-order valence-electron chi connectivity index (χ2n) is 9.54. The lowest BCUT2D eigenvalue weighted by Gasteiger charge is -2.33. The molecule has 1 aromatic carbocycles. The molecule has 29 heavy (non-hydrogen) atoms. The molecule has 0 amide bonds. The lowest BCUT2D eigenvalue weighted by Crippen LogP contribution is -2.38. The number of aliphatic hydroxyl groups excluding tert-OH is 2. The number of likely N-dealkylation sites (tertiary alicyclic amines) is 1. The number of hydrogen-bond donors (Lipinski definition) is 4. The predicted molar refractivity (Wildman–Crippen MR) is 113 cm³/mol. The highest BCUT2D eigenvalue weighted by Crippen LogP contribution is 2.38. The Labute approximate surface area is 170 Å². The number of aromatic nitrogens is 3. The topological polar surface area (TPSA) is 88.2 Å². The van der Waals surface area contributed by atoms with Gasteiger partial charge in [0.1, 0.15) is 11.9 Å². The Kier molecular flexibility index (Phi) is 4.53. The molecule has 1 fully saturated rings. The van der Waals surface area contributed by atoms with Crippen molar-refractivity contribution in [2.45, 2.75) is 58.3 Å². The van der Waals surface area contributed by atoms with E-state index in [4.69, 9.17) is 0 Å². The fourth-order valence-electron chi connectivity index (χ4n) is 4.85. The van der Waals surface area contributed by atoms with Crippen molar-refractivity contribution >= 4 is 10.9 Å². The average Bonchev–Trinajstić information content (AvgIpc) is 3.29. The SMILES string of the molecule is CC1(C)CCc2c(-c3cc4cc(C(O)N5CCC(O)CC5)ccc4[nH]3)n[nH]c2C1. The highest BCUT2D eigenvalue weighted by Gasteiger charge is 2.29. The van der Waals surface area contributed by atoms with Crippen LogP contribution in [0.2, 0.25) is 0 Å². The van der Waals surface area contributed by atoms with Crippen molar-refractivity contribution in [1.82, 2.24) is 20.1 Å². The van der Waals surface area contributed by atoms with Crippen LogP contribution in [-0.2, 0) is 12.8 Å². The van der Waals surface area contributed by atoms with Crippen molar-refractivity contribution in [3.05, 3.63) is 41.1 Å². The van der Waals surface area contributed by atoms with Crippen LogP contribution in [0.4, 0.5) is 0 Å². The monoisotopic (exact) mass is 394 g/mol. The third kappa shape index (κ3) is 3.50. The van der Waals surface area contributed by atoms with E-state index >= 15 is 0 Å². The number of aromatic amines is 2. The molecule has 1 unspecified atom stereocenters. The van der Waals surface area contributed by atoms with Gasteiger partial charge in [-0.3, -0.25) is 10.00 Å². The number of nitrogens with one attached hydrogen (secondary N) is 2. The Hall–Kier alpha value is -2.15. The van der Waals surface area contributed by atoms with Gasteiger partial charge in [0.25, 0.3) is 0 Å². The van der Waals surface area contributed by atoms with Gasteiger partial charge in [0.2, 0.25) is 0 Å². The molecule has 0 bridgehead atoms. The van der Waals surface area contributed by atoms with Crippen molar-refractivity contribution < 1.29 is 10.2 Å². The van der Waals surface area contributed by atoms with E-state index in [-0.39, 0.29) is 6.10 Å². The van der Waals surface area contributed by atoms with E-state index in [0.717, 1.165) is 40.7 Å². The summed E-state index contributed by atoms with van der Waals surface area (Å²) in [6, 6.07) is 8.23. The summed E-state index contributed by atoms with van der Waals surface area (Å²) in [7, 11) is 0. The zero-order chi connectivity index (χ0) is 20.2. The van der Waals surface area contributed by atoms with E-state index in [1.807, 2.05) is 17.0 Å². The lowest BCUT2D eigenvalue weighted by molar-refractivity contribution is -0.0344. The second-order valence-corrected chi connectivity index (χ2v) is 9.54. The molecule has 6 nitrogen and oxygen atoms in total. The number of H-pyrrole nitrogens is 2. The largest absolute Gasteiger partial charge is 0.393 e. The van der Waals surface area contributed by atoms with Crippen molar-refractivity contribution in [3.8, 4) is 11.4 Å². The molecule has 3 heterocycles. The number of rotatable bonds is 3. The van der Waals surface area contributed by atoms with Gasteiger partial charge in [-0.1, -0.05) is 19.9 Å². The first-order valence-electron chi connectivity index (χ1n) is 10.7. The smallest absolute Gasteiger partial charge is 0.133 e. The highest BCUT2D eigenvalue weighted by atomic mass is 16.3. The van der Waals surface area contributed by atoms with Crippen molar-refractivity contribution in [3.63, 3.8) is 0 Å². The van der Waals surface area contributed by atoms with E-state index in [2.05, 4.69) is 41.2 Å². The number of piperidine rings is 1. The number of fused-ring (bicyclic) bond motifs is 2. The summed E-state index contributed by atoms with van der Waals surface area (Å²) in [4.78, 5) is 5.54. The standard InChI is InChI=1S/C23H30N4O2/c1-23(2)8-5-17-20(13-23)25-26-21(17)19-12-15-11-14(3-4-18(15)24-19)22(29)27-9-6-16(28)7-10-27/h3-4,11-12,16,22,24,28-29H,5-10,13H2,1-2H3,(H,25,26). The maximum absolute atomic E-state index is 10.8. The number of nitrogens with zero attached hydrogens (tertiary/aromatic N) is 2. The minimum atomic E-state index is -0.634. The molecule has 1 aliphatic heterocycles. The quantitative estimate of drug-likeness (QED) is 0.547. The van der Waals surface area contributed by atoms with Crippen LogP contribution in [0.5, 0.6) is 0 Å². The van der Waals surface area contributed by atoms with Crippen LogP contribution in [0.3, 0.4) is 0 Å². The third-order valence-corrected chi connectivity index (χ3v) is 6.70. The number of hydrogen-bond acceptors (Lipinski definition) is 4. The zero-order valence-corrected chi connectivity index (χ0v) is 17.2. The summed E-state index contributed by atoms with van der Waals surface area (Å²) in [5.41, 5.74) is 6.93. The molecule has 0 spiro atoms. The maximum atomic E-state index is 10.8. The van der Waals surface area contributed by atoms with Gasteiger partial charge in [0.15, 0.2) is 0 Å². The van der Waals surface area contributed by atoms with Gasteiger partial charge >= 0.3 is 0 Å². The zero-order valence-electron chi connectivity index (χ0n) is 17.2. The van der Waals surface area contributed by atoms with Gasteiger partial charge in [0, 0.05) is 35.2 Å². The van der Waals surface area contributed by atoms with Crippen LogP contribution in [0, 0.1) is 5.41 Å². The lowest BCUT2D eigenvalue weighted by atomic mass is 9.76. The van der Waals surface area contributed by atoms with Gasteiger partial charge in [-0.2, -0.15) is 5.10 Å². The molecular formula is C23H30N4O2. The minimum absolute atomic E-state index is 0.237. The Bertz CT molecular complexity index is 1030. The molecule has 1 aliphatic carbocycles. The van der Waals surface area contributed by atoms with Gasteiger partial charge in [0.05, 0.1) is 11.8 Å². The molecule has 4 N–H and O–H groups in total. The molecule has 154 valence electrons. The molecule has 0 saturated carbocycles. The van der Waals surface area contributed by atoms with Crippen LogP contribution >= 0.6 is 0 Å². The van der Waals surface area contributed by atoms with E-state index in [1.54, 1.807) is 0 Å². The van der Waals surface area contributed by atoms with Crippen LogP contribution < -0.4 is 0 Å². The highest BCUT2D eigenvalue weighted by molar-refractivity contribution is 5.86. The first-order chi connectivity index (χ1) is 13.9. The summed E-state index contributed by atoms with van der Waals surface area (Å²) in [6.45, 7) is 6.06. The van der Waals surface area contributed by atoms with Crippen LogP contribution in [0.1, 0.15) is 56.2 Å². The molecule has 5 rings (SSSR count). The van der Waals surface area contributed by atoms with Gasteiger partial charge in [-0.05, 0) is 61.3 Å². The Morgan fingerprint density at radius 2 is 2.00 bits per heavy atom. The average molecular weight is 395 g/mol. The summed E-state index contributed by atoms with van der Waals surface area (Å²) >= 11 is 0. The third-order valence-electron chi connectivity index (χ3n) is 6.70. The summed E-state index contributed by atoms with van der Waals surface area (Å²) in [5.74, 6) is 0. The fraction of sp³-hybridized carbons (Fsp3) is 0.522. The van der Waals surface area contributed by atoms with E-state index in [0.29, 0.717) is 31.3 Å². The maximum Gasteiger partial charge on any atom is 0.133 e. The predicted octanol–water partition coefficient (Wildman–Crippen LogP) is 3.52. The second kappa shape index (κ2) is 6.97. The van der Waals surface area contributed by atoms with Gasteiger partial charge in [-0.15, -0.1) is 0 Å². The normalized spacial score (nSPS) is 21.4. The van der Waals surface area contributed by atoms with Crippen LogP contribution in [-0.4, -0.2) is 49.5 Å². The van der Waals surface area contributed by atoms with Crippen molar-refractivity contribution in [2.24, 2.45) is 5.41 Å². The Morgan fingerprint density at radius 1 is 1.21 bits per heavy atom. The minimum Gasteiger partial charge on any atom is -0.393 e. The Morgan fingerprint density at radius 3 is 2.79 bits per heavy atom.